The molecule has 21 heavy (non-hydrogen) atoms. The van der Waals surface area contributed by atoms with E-state index in [1.165, 1.54) is 20.8 Å². The summed E-state index contributed by atoms with van der Waals surface area (Å²) in [7, 11) is 0. The normalized spacial score (nSPS) is 13.0. The lowest BCUT2D eigenvalue weighted by molar-refractivity contribution is 0.750. The molecule has 0 aliphatic carbocycles. The van der Waals surface area contributed by atoms with Gasteiger partial charge in [-0.2, -0.15) is 0 Å². The number of hydrogen-bond acceptors (Lipinski definition) is 2. The fourth-order valence-electron chi connectivity index (χ4n) is 2.57. The van der Waals surface area contributed by atoms with Crippen LogP contribution >= 0.6 is 22.9 Å². The summed E-state index contributed by atoms with van der Waals surface area (Å²) < 4.78 is 2.26. The number of halogens is 1. The van der Waals surface area contributed by atoms with Crippen LogP contribution in [0.25, 0.3) is 11.0 Å². The van der Waals surface area contributed by atoms with E-state index in [0.29, 0.717) is 0 Å². The Morgan fingerprint density at radius 1 is 1.24 bits per heavy atom. The van der Waals surface area contributed by atoms with Crippen molar-refractivity contribution in [1.82, 2.24) is 9.55 Å². The molecular formula is C17H19ClN2S. The highest BCUT2D eigenvalue weighted by Crippen LogP contribution is 2.28. The summed E-state index contributed by atoms with van der Waals surface area (Å²) in [5.41, 5.74) is 3.44. The van der Waals surface area contributed by atoms with Crippen LogP contribution in [0.1, 0.15) is 40.4 Å². The molecule has 3 aromatic rings. The van der Waals surface area contributed by atoms with Gasteiger partial charge in [0.05, 0.1) is 23.0 Å². The van der Waals surface area contributed by atoms with E-state index >= 15 is 0 Å². The van der Waals surface area contributed by atoms with Gasteiger partial charge in [0, 0.05) is 9.75 Å². The van der Waals surface area contributed by atoms with Gasteiger partial charge >= 0.3 is 0 Å². The second-order valence-corrected chi connectivity index (χ2v) is 7.29. The molecule has 2 aromatic heterocycles. The molecule has 4 heteroatoms. The molecule has 2 heterocycles. The summed E-state index contributed by atoms with van der Waals surface area (Å²) in [6, 6.07) is 10.8. The van der Waals surface area contributed by atoms with Crippen LogP contribution in [0.5, 0.6) is 0 Å². The maximum absolute atomic E-state index is 6.34. The fraction of sp³-hybridized carbons (Fsp3) is 0.353. The van der Waals surface area contributed by atoms with Crippen LogP contribution in [0.4, 0.5) is 0 Å². The van der Waals surface area contributed by atoms with Gasteiger partial charge in [-0.3, -0.25) is 0 Å². The summed E-state index contributed by atoms with van der Waals surface area (Å²) in [6.45, 7) is 7.13. The number of aromatic nitrogens is 2. The smallest absolute Gasteiger partial charge is 0.128 e. The summed E-state index contributed by atoms with van der Waals surface area (Å²) in [6.07, 6.45) is 1.09. The maximum Gasteiger partial charge on any atom is 0.128 e. The Morgan fingerprint density at radius 3 is 2.67 bits per heavy atom. The summed E-state index contributed by atoms with van der Waals surface area (Å²) in [4.78, 5) is 7.49. The lowest BCUT2D eigenvalue weighted by Gasteiger charge is -2.09. The minimum atomic E-state index is -0.0942. The molecule has 110 valence electrons. The largest absolute Gasteiger partial charge is 0.321 e. The molecule has 0 bridgehead atoms. The Labute approximate surface area is 134 Å². The lowest BCUT2D eigenvalue weighted by atomic mass is 10.2. The standard InChI is InChI=1S/C17H19ClN2S/c1-4-13-6-7-14(21-13)10-20-16-9-11(2)5-8-15(16)19-17(20)12(3)18/h5-9,12H,4,10H2,1-3H3. The van der Waals surface area contributed by atoms with Crippen molar-refractivity contribution in [2.45, 2.75) is 39.1 Å². The van der Waals surface area contributed by atoms with E-state index in [0.717, 1.165) is 24.3 Å². The first-order valence-corrected chi connectivity index (χ1v) is 8.52. The third-order valence-electron chi connectivity index (χ3n) is 3.67. The van der Waals surface area contributed by atoms with Crippen molar-refractivity contribution in [1.29, 1.82) is 0 Å². The third-order valence-corrected chi connectivity index (χ3v) is 5.08. The molecule has 0 saturated carbocycles. The van der Waals surface area contributed by atoms with Gasteiger partial charge in [-0.25, -0.2) is 4.98 Å². The first kappa shape index (κ1) is 14.6. The highest BCUT2D eigenvalue weighted by atomic mass is 35.5. The molecule has 3 rings (SSSR count). The topological polar surface area (TPSA) is 17.8 Å². The minimum Gasteiger partial charge on any atom is -0.321 e. The van der Waals surface area contributed by atoms with E-state index in [1.54, 1.807) is 0 Å². The van der Waals surface area contributed by atoms with Gasteiger partial charge in [0.2, 0.25) is 0 Å². The highest BCUT2D eigenvalue weighted by molar-refractivity contribution is 7.11. The number of aryl methyl sites for hydroxylation is 2. The van der Waals surface area contributed by atoms with Crippen LogP contribution in [0.15, 0.2) is 30.3 Å². The predicted octanol–water partition coefficient (Wildman–Crippen LogP) is 5.32. The molecule has 0 saturated heterocycles. The molecule has 0 N–H and O–H groups in total. The van der Waals surface area contributed by atoms with Crippen LogP contribution in [0.3, 0.4) is 0 Å². The lowest BCUT2D eigenvalue weighted by Crippen LogP contribution is -2.04. The van der Waals surface area contributed by atoms with E-state index in [4.69, 9.17) is 16.6 Å². The quantitative estimate of drug-likeness (QED) is 0.595. The van der Waals surface area contributed by atoms with Crippen molar-refractivity contribution < 1.29 is 0 Å². The number of imidazole rings is 1. The molecule has 0 radical (unpaired) electrons. The number of thiophene rings is 1. The van der Waals surface area contributed by atoms with Crippen molar-refractivity contribution in [2.24, 2.45) is 0 Å². The second-order valence-electron chi connectivity index (χ2n) is 5.39. The molecular weight excluding hydrogens is 300 g/mol. The van der Waals surface area contributed by atoms with Crippen LogP contribution in [0.2, 0.25) is 0 Å². The summed E-state index contributed by atoms with van der Waals surface area (Å²) in [5.74, 6) is 0.948. The first-order valence-electron chi connectivity index (χ1n) is 7.27. The average molecular weight is 319 g/mol. The molecule has 0 fully saturated rings. The Balaban J connectivity index is 2.09. The molecule has 0 aliphatic rings. The number of nitrogens with zero attached hydrogens (tertiary/aromatic N) is 2. The molecule has 2 nitrogen and oxygen atoms in total. The Kier molecular flexibility index (Phi) is 4.05. The van der Waals surface area contributed by atoms with Crippen molar-refractivity contribution >= 4 is 34.0 Å². The van der Waals surface area contributed by atoms with Crippen LogP contribution < -0.4 is 0 Å². The van der Waals surface area contributed by atoms with Crippen molar-refractivity contribution in [3.63, 3.8) is 0 Å². The number of rotatable bonds is 4. The first-order chi connectivity index (χ1) is 10.1. The van der Waals surface area contributed by atoms with Crippen molar-refractivity contribution in [3.8, 4) is 0 Å². The van der Waals surface area contributed by atoms with Crippen LogP contribution in [0, 0.1) is 6.92 Å². The number of hydrogen-bond donors (Lipinski definition) is 0. The molecule has 1 aromatic carbocycles. The summed E-state index contributed by atoms with van der Waals surface area (Å²) >= 11 is 8.21. The van der Waals surface area contributed by atoms with E-state index in [1.807, 2.05) is 18.3 Å². The second kappa shape index (κ2) is 5.82. The Bertz CT molecular complexity index is 770. The number of alkyl halides is 1. The van der Waals surface area contributed by atoms with Crippen LogP contribution in [-0.4, -0.2) is 9.55 Å². The molecule has 0 spiro atoms. The van der Waals surface area contributed by atoms with E-state index in [9.17, 15) is 0 Å². The zero-order valence-corrected chi connectivity index (χ0v) is 14.1. The van der Waals surface area contributed by atoms with Crippen molar-refractivity contribution in [3.05, 3.63) is 51.5 Å². The Morgan fingerprint density at radius 2 is 2.00 bits per heavy atom. The maximum atomic E-state index is 6.34. The molecule has 1 atom stereocenters. The SMILES string of the molecule is CCc1ccc(Cn2c(C(C)Cl)nc3ccc(C)cc32)s1. The van der Waals surface area contributed by atoms with Gasteiger partial charge in [-0.1, -0.05) is 13.0 Å². The average Bonchev–Trinajstić information content (AvgIpc) is 3.04. The van der Waals surface area contributed by atoms with Crippen molar-refractivity contribution in [2.75, 3.05) is 0 Å². The van der Waals surface area contributed by atoms with Gasteiger partial charge in [0.15, 0.2) is 0 Å². The van der Waals surface area contributed by atoms with E-state index in [-0.39, 0.29) is 5.38 Å². The minimum absolute atomic E-state index is 0.0942. The van der Waals surface area contributed by atoms with E-state index < -0.39 is 0 Å². The zero-order chi connectivity index (χ0) is 15.0. The third kappa shape index (κ3) is 2.85. The summed E-state index contributed by atoms with van der Waals surface area (Å²) in [5, 5.41) is -0.0942. The predicted molar refractivity (Wildman–Crippen MR) is 91.5 cm³/mol. The Hall–Kier alpha value is -1.32. The number of fused-ring (bicyclic) bond motifs is 1. The monoisotopic (exact) mass is 318 g/mol. The molecule has 1 unspecified atom stereocenters. The van der Waals surface area contributed by atoms with Crippen LogP contribution in [-0.2, 0) is 13.0 Å². The highest BCUT2D eigenvalue weighted by Gasteiger charge is 2.15. The van der Waals surface area contributed by atoms with Gasteiger partial charge in [-0.15, -0.1) is 22.9 Å². The van der Waals surface area contributed by atoms with E-state index in [2.05, 4.69) is 48.7 Å². The van der Waals surface area contributed by atoms with Gasteiger partial charge in [0.1, 0.15) is 5.82 Å². The van der Waals surface area contributed by atoms with Gasteiger partial charge < -0.3 is 4.57 Å². The zero-order valence-electron chi connectivity index (χ0n) is 12.6. The number of benzene rings is 1. The van der Waals surface area contributed by atoms with Gasteiger partial charge in [-0.05, 0) is 50.1 Å². The molecule has 0 amide bonds. The molecule has 0 aliphatic heterocycles. The fourth-order valence-corrected chi connectivity index (χ4v) is 3.69. The van der Waals surface area contributed by atoms with Gasteiger partial charge in [0.25, 0.3) is 0 Å².